The second-order valence-electron chi connectivity index (χ2n) is 5.00. The van der Waals surface area contributed by atoms with Crippen molar-refractivity contribution in [3.8, 4) is 0 Å². The van der Waals surface area contributed by atoms with E-state index in [2.05, 4.69) is 5.32 Å². The molecule has 0 saturated carbocycles. The maximum absolute atomic E-state index is 11.0. The lowest BCUT2D eigenvalue weighted by atomic mass is 10.0. The van der Waals surface area contributed by atoms with E-state index in [1.165, 1.54) is 0 Å². The van der Waals surface area contributed by atoms with Crippen molar-refractivity contribution in [1.29, 1.82) is 0 Å². The normalized spacial score (nSPS) is 12.5. The van der Waals surface area contributed by atoms with Gasteiger partial charge in [-0.3, -0.25) is 4.79 Å². The lowest BCUT2D eigenvalue weighted by molar-refractivity contribution is -0.140. The van der Waals surface area contributed by atoms with Gasteiger partial charge in [-0.2, -0.15) is 0 Å². The van der Waals surface area contributed by atoms with Gasteiger partial charge >= 0.3 is 5.97 Å². The van der Waals surface area contributed by atoms with Crippen LogP contribution in [0.3, 0.4) is 0 Å². The zero-order valence-electron chi connectivity index (χ0n) is 11.5. The van der Waals surface area contributed by atoms with Crippen molar-refractivity contribution in [1.82, 2.24) is 5.32 Å². The van der Waals surface area contributed by atoms with Gasteiger partial charge in [0.15, 0.2) is 0 Å². The Hall–Kier alpha value is -1.55. The molecule has 1 atom stereocenters. The molecule has 0 amide bonds. The Bertz CT molecular complexity index is 385. The van der Waals surface area contributed by atoms with Gasteiger partial charge in [0.1, 0.15) is 6.04 Å². The van der Waals surface area contributed by atoms with Crippen molar-refractivity contribution < 1.29 is 9.90 Å². The molecule has 4 nitrogen and oxygen atoms in total. The quantitative estimate of drug-likeness (QED) is 0.810. The highest BCUT2D eigenvalue weighted by molar-refractivity contribution is 5.73. The number of hydrogen-bond acceptors (Lipinski definition) is 3. The molecule has 0 saturated heterocycles. The third kappa shape index (κ3) is 4.04. The molecule has 0 bridgehead atoms. The number of nitrogens with zero attached hydrogens (tertiary/aromatic N) is 1. The van der Waals surface area contributed by atoms with E-state index in [0.29, 0.717) is 6.54 Å². The van der Waals surface area contributed by atoms with Gasteiger partial charge in [-0.15, -0.1) is 0 Å². The first-order valence-electron chi connectivity index (χ1n) is 6.14. The number of anilines is 1. The van der Waals surface area contributed by atoms with Crippen molar-refractivity contribution >= 4 is 11.7 Å². The van der Waals surface area contributed by atoms with Crippen LogP contribution in [0.5, 0.6) is 0 Å². The van der Waals surface area contributed by atoms with Crippen LogP contribution in [-0.4, -0.2) is 31.2 Å². The Balaban J connectivity index is 2.60. The van der Waals surface area contributed by atoms with Crippen molar-refractivity contribution in [2.24, 2.45) is 5.92 Å². The SMILES string of the molecule is CC(C)C(NCc1ccc(N(C)C)cc1)C(=O)O. The molecule has 0 aliphatic heterocycles. The van der Waals surface area contributed by atoms with Crippen LogP contribution in [0.1, 0.15) is 19.4 Å². The number of carboxylic acids is 1. The van der Waals surface area contributed by atoms with Gasteiger partial charge in [0.2, 0.25) is 0 Å². The van der Waals surface area contributed by atoms with Crippen LogP contribution in [0.15, 0.2) is 24.3 Å². The molecule has 0 aliphatic rings. The van der Waals surface area contributed by atoms with Gasteiger partial charge < -0.3 is 15.3 Å². The van der Waals surface area contributed by atoms with Gasteiger partial charge in [-0.25, -0.2) is 0 Å². The first-order valence-corrected chi connectivity index (χ1v) is 6.14. The number of nitrogens with one attached hydrogen (secondary N) is 1. The van der Waals surface area contributed by atoms with Gasteiger partial charge in [0.05, 0.1) is 0 Å². The molecule has 100 valence electrons. The van der Waals surface area contributed by atoms with Crippen LogP contribution in [0, 0.1) is 5.92 Å². The number of aliphatic carboxylic acids is 1. The summed E-state index contributed by atoms with van der Waals surface area (Å²) in [4.78, 5) is 13.1. The fraction of sp³-hybridized carbons (Fsp3) is 0.500. The molecule has 0 aliphatic carbocycles. The topological polar surface area (TPSA) is 52.6 Å². The molecule has 1 rings (SSSR count). The Morgan fingerprint density at radius 2 is 1.83 bits per heavy atom. The van der Waals surface area contributed by atoms with E-state index >= 15 is 0 Å². The number of hydrogen-bond donors (Lipinski definition) is 2. The van der Waals surface area contributed by atoms with Crippen LogP contribution >= 0.6 is 0 Å². The molecular weight excluding hydrogens is 228 g/mol. The van der Waals surface area contributed by atoms with Gasteiger partial charge in [0, 0.05) is 26.3 Å². The monoisotopic (exact) mass is 250 g/mol. The molecule has 0 radical (unpaired) electrons. The number of rotatable bonds is 6. The van der Waals surface area contributed by atoms with Crippen molar-refractivity contribution in [3.05, 3.63) is 29.8 Å². The first-order chi connectivity index (χ1) is 8.41. The molecule has 18 heavy (non-hydrogen) atoms. The summed E-state index contributed by atoms with van der Waals surface area (Å²) in [6.07, 6.45) is 0. The second kappa shape index (κ2) is 6.40. The van der Waals surface area contributed by atoms with Crippen molar-refractivity contribution in [2.75, 3.05) is 19.0 Å². The van der Waals surface area contributed by atoms with Crippen LogP contribution in [0.25, 0.3) is 0 Å². The minimum Gasteiger partial charge on any atom is -0.480 e. The summed E-state index contributed by atoms with van der Waals surface area (Å²) in [7, 11) is 3.99. The van der Waals surface area contributed by atoms with E-state index in [0.717, 1.165) is 11.3 Å². The molecule has 0 heterocycles. The molecule has 1 aromatic carbocycles. The third-order valence-electron chi connectivity index (χ3n) is 2.91. The smallest absolute Gasteiger partial charge is 0.320 e. The van der Waals surface area contributed by atoms with E-state index in [4.69, 9.17) is 5.11 Å². The molecule has 0 fully saturated rings. The molecule has 4 heteroatoms. The van der Waals surface area contributed by atoms with Gasteiger partial charge in [-0.1, -0.05) is 26.0 Å². The second-order valence-corrected chi connectivity index (χ2v) is 5.00. The zero-order chi connectivity index (χ0) is 13.7. The Morgan fingerprint density at radius 1 is 1.28 bits per heavy atom. The highest BCUT2D eigenvalue weighted by Gasteiger charge is 2.20. The molecular formula is C14H22N2O2. The Labute approximate surface area is 109 Å². The minimum atomic E-state index is -0.796. The summed E-state index contributed by atoms with van der Waals surface area (Å²) in [5, 5.41) is 12.1. The number of carboxylic acid groups (broad SMARTS) is 1. The lowest BCUT2D eigenvalue weighted by Gasteiger charge is -2.18. The minimum absolute atomic E-state index is 0.0727. The average Bonchev–Trinajstić information content (AvgIpc) is 2.28. The lowest BCUT2D eigenvalue weighted by Crippen LogP contribution is -2.40. The number of benzene rings is 1. The van der Waals surface area contributed by atoms with Crippen LogP contribution in [0.2, 0.25) is 0 Å². The maximum atomic E-state index is 11.0. The maximum Gasteiger partial charge on any atom is 0.320 e. The van der Waals surface area contributed by atoms with Gasteiger partial charge in [0.25, 0.3) is 0 Å². The number of carbonyl (C=O) groups is 1. The largest absolute Gasteiger partial charge is 0.480 e. The highest BCUT2D eigenvalue weighted by atomic mass is 16.4. The van der Waals surface area contributed by atoms with Crippen molar-refractivity contribution in [2.45, 2.75) is 26.4 Å². The average molecular weight is 250 g/mol. The molecule has 1 aromatic rings. The summed E-state index contributed by atoms with van der Waals surface area (Å²) in [5.74, 6) is -0.724. The van der Waals surface area contributed by atoms with E-state index in [1.807, 2.05) is 57.1 Å². The zero-order valence-corrected chi connectivity index (χ0v) is 11.5. The summed E-state index contributed by atoms with van der Waals surface area (Å²) >= 11 is 0. The first kappa shape index (κ1) is 14.5. The summed E-state index contributed by atoms with van der Waals surface area (Å²) < 4.78 is 0. The van der Waals surface area contributed by atoms with E-state index in [-0.39, 0.29) is 5.92 Å². The molecule has 2 N–H and O–H groups in total. The fourth-order valence-corrected chi connectivity index (χ4v) is 1.75. The Kier molecular flexibility index (Phi) is 5.16. The predicted molar refractivity (Wildman–Crippen MR) is 73.9 cm³/mol. The fourth-order valence-electron chi connectivity index (χ4n) is 1.75. The Morgan fingerprint density at radius 3 is 2.22 bits per heavy atom. The van der Waals surface area contributed by atoms with Crippen LogP contribution < -0.4 is 10.2 Å². The standard InChI is InChI=1S/C14H22N2O2/c1-10(2)13(14(17)18)15-9-11-5-7-12(8-6-11)16(3)4/h5-8,10,13,15H,9H2,1-4H3,(H,17,18). The van der Waals surface area contributed by atoms with E-state index in [1.54, 1.807) is 0 Å². The van der Waals surface area contributed by atoms with E-state index in [9.17, 15) is 4.79 Å². The van der Waals surface area contributed by atoms with Crippen molar-refractivity contribution in [3.63, 3.8) is 0 Å². The predicted octanol–water partition coefficient (Wildman–Crippen LogP) is 1.95. The van der Waals surface area contributed by atoms with Crippen LogP contribution in [0.4, 0.5) is 5.69 Å². The summed E-state index contributed by atoms with van der Waals surface area (Å²) in [5.41, 5.74) is 2.23. The van der Waals surface area contributed by atoms with Gasteiger partial charge in [-0.05, 0) is 23.6 Å². The van der Waals surface area contributed by atoms with Crippen LogP contribution in [-0.2, 0) is 11.3 Å². The molecule has 0 spiro atoms. The third-order valence-corrected chi connectivity index (χ3v) is 2.91. The highest BCUT2D eigenvalue weighted by Crippen LogP contribution is 2.12. The molecule has 0 aromatic heterocycles. The summed E-state index contributed by atoms with van der Waals surface area (Å²) in [6.45, 7) is 4.38. The van der Waals surface area contributed by atoms with E-state index < -0.39 is 12.0 Å². The summed E-state index contributed by atoms with van der Waals surface area (Å²) in [6, 6.07) is 7.59. The molecule has 1 unspecified atom stereocenters.